The summed E-state index contributed by atoms with van der Waals surface area (Å²) in [5.74, 6) is 0. The number of fused-ring (bicyclic) bond motifs is 1. The van der Waals surface area contributed by atoms with Crippen molar-refractivity contribution in [1.82, 2.24) is 15.6 Å². The second kappa shape index (κ2) is 1.60. The molecule has 0 amide bonds. The number of nitrogens with zero attached hydrogens (tertiary/aromatic N) is 2. The highest BCUT2D eigenvalue weighted by Crippen LogP contribution is 2.17. The molecular formula is C5H7N3S. The van der Waals surface area contributed by atoms with Crippen molar-refractivity contribution in [2.45, 2.75) is 0 Å². The van der Waals surface area contributed by atoms with Gasteiger partial charge in [-0.2, -0.15) is 0 Å². The normalized spacial score (nSPS) is 22.1. The van der Waals surface area contributed by atoms with E-state index >= 15 is 0 Å². The first-order valence-electron chi connectivity index (χ1n) is 2.74. The molecule has 0 aromatic carbocycles. The minimum atomic E-state index is 0.882. The van der Waals surface area contributed by atoms with E-state index in [1.54, 1.807) is 0 Å². The molecule has 0 atom stereocenters. The summed E-state index contributed by atoms with van der Waals surface area (Å²) < 4.78 is 0. The lowest BCUT2D eigenvalue weighted by atomic mass is 10.6. The molecule has 0 unspecified atom stereocenters. The predicted molar refractivity (Wildman–Crippen MR) is 37.9 cm³/mol. The van der Waals surface area contributed by atoms with Crippen LogP contribution in [0.2, 0.25) is 0 Å². The van der Waals surface area contributed by atoms with E-state index in [0.29, 0.717) is 0 Å². The van der Waals surface area contributed by atoms with E-state index in [2.05, 4.69) is 18.1 Å². The molecule has 0 saturated carbocycles. The highest BCUT2D eigenvalue weighted by Gasteiger charge is 2.18. The lowest BCUT2D eigenvalue weighted by Crippen LogP contribution is -2.32. The van der Waals surface area contributed by atoms with Gasteiger partial charge in [-0.05, 0) is 0 Å². The van der Waals surface area contributed by atoms with E-state index in [4.69, 9.17) is 0 Å². The Kier molecular flexibility index (Phi) is 0.900. The topological polar surface area (TPSA) is 18.5 Å². The van der Waals surface area contributed by atoms with Crippen molar-refractivity contribution in [2.75, 3.05) is 6.54 Å². The van der Waals surface area contributed by atoms with Gasteiger partial charge in [0.05, 0.1) is 12.7 Å². The fourth-order valence-corrected chi connectivity index (χ4v) is 1.18. The molecule has 48 valence electrons. The average molecular weight is 141 g/mol. The maximum atomic E-state index is 4.20. The first-order chi connectivity index (χ1) is 4.36. The molecule has 1 N–H and O–H groups in total. The van der Waals surface area contributed by atoms with Gasteiger partial charge in [0, 0.05) is 17.3 Å². The summed E-state index contributed by atoms with van der Waals surface area (Å²) in [6.45, 7) is 0.882. The monoisotopic (exact) mass is 141 g/mol. The lowest BCUT2D eigenvalue weighted by Gasteiger charge is -2.19. The summed E-state index contributed by atoms with van der Waals surface area (Å²) in [5, 5.41) is 3.92. The Morgan fingerprint density at radius 2 is 2.56 bits per heavy atom. The fourth-order valence-electron chi connectivity index (χ4n) is 0.930. The average Bonchev–Trinajstić information content (AvgIpc) is 2.22. The fraction of sp³-hybridized carbons (Fsp3) is 0.200. The molecule has 0 spiro atoms. The van der Waals surface area contributed by atoms with E-state index in [1.165, 1.54) is 0 Å². The summed E-state index contributed by atoms with van der Waals surface area (Å²) in [6.07, 6.45) is 5.81. The minimum absolute atomic E-state index is 0.882. The molecule has 0 aliphatic carbocycles. The van der Waals surface area contributed by atoms with Crippen LogP contribution in [0.15, 0.2) is 23.5 Å². The molecule has 4 heteroatoms. The third-order valence-corrected chi connectivity index (χ3v) is 1.58. The SMILES string of the molecule is SC1=CN2NC=CN2C1. The van der Waals surface area contributed by atoms with Gasteiger partial charge in [0.25, 0.3) is 0 Å². The van der Waals surface area contributed by atoms with Crippen LogP contribution in [0.5, 0.6) is 0 Å². The Morgan fingerprint density at radius 3 is 3.33 bits per heavy atom. The second-order valence-corrected chi connectivity index (χ2v) is 2.58. The zero-order chi connectivity index (χ0) is 6.27. The largest absolute Gasteiger partial charge is 0.286 e. The number of hydrazine groups is 2. The van der Waals surface area contributed by atoms with Gasteiger partial charge in [0.1, 0.15) is 0 Å². The van der Waals surface area contributed by atoms with Gasteiger partial charge >= 0.3 is 0 Å². The summed E-state index contributed by atoms with van der Waals surface area (Å²) in [5.41, 5.74) is 3.00. The Bertz CT molecular complexity index is 187. The third-order valence-electron chi connectivity index (χ3n) is 1.33. The molecule has 0 aromatic heterocycles. The van der Waals surface area contributed by atoms with Crippen LogP contribution in [-0.2, 0) is 0 Å². The van der Waals surface area contributed by atoms with E-state index < -0.39 is 0 Å². The Balaban J connectivity index is 2.19. The molecule has 2 aliphatic rings. The standard InChI is InChI=1S/C5H7N3S/c9-5-3-7-2-1-6-8(7)4-5/h1-2,4,6,9H,3H2. The van der Waals surface area contributed by atoms with Crippen molar-refractivity contribution >= 4 is 12.6 Å². The zero-order valence-electron chi connectivity index (χ0n) is 4.78. The van der Waals surface area contributed by atoms with E-state index in [0.717, 1.165) is 11.4 Å². The van der Waals surface area contributed by atoms with Crippen LogP contribution in [0.4, 0.5) is 0 Å². The smallest absolute Gasteiger partial charge is 0.0731 e. The molecule has 0 saturated heterocycles. The summed E-state index contributed by atoms with van der Waals surface area (Å²) in [7, 11) is 0. The summed E-state index contributed by atoms with van der Waals surface area (Å²) in [4.78, 5) is 1.08. The van der Waals surface area contributed by atoms with Crippen molar-refractivity contribution in [2.24, 2.45) is 0 Å². The van der Waals surface area contributed by atoms with Crippen LogP contribution in [0.3, 0.4) is 0 Å². The minimum Gasteiger partial charge on any atom is -0.286 e. The first-order valence-corrected chi connectivity index (χ1v) is 3.19. The Morgan fingerprint density at radius 1 is 1.67 bits per heavy atom. The van der Waals surface area contributed by atoms with Gasteiger partial charge in [-0.15, -0.1) is 12.6 Å². The van der Waals surface area contributed by atoms with Gasteiger partial charge < -0.3 is 0 Å². The highest BCUT2D eigenvalue weighted by molar-refractivity contribution is 7.84. The van der Waals surface area contributed by atoms with Gasteiger partial charge in [-0.1, -0.05) is 0 Å². The van der Waals surface area contributed by atoms with Crippen molar-refractivity contribution in [3.8, 4) is 0 Å². The van der Waals surface area contributed by atoms with E-state index in [1.807, 2.05) is 28.7 Å². The second-order valence-electron chi connectivity index (χ2n) is 2.01. The van der Waals surface area contributed by atoms with E-state index in [-0.39, 0.29) is 0 Å². The molecule has 2 rings (SSSR count). The van der Waals surface area contributed by atoms with Gasteiger partial charge in [0.15, 0.2) is 0 Å². The molecule has 0 fully saturated rings. The number of nitrogens with one attached hydrogen (secondary N) is 1. The van der Waals surface area contributed by atoms with Crippen molar-refractivity contribution in [3.05, 3.63) is 23.5 Å². The van der Waals surface area contributed by atoms with Gasteiger partial charge in [-0.25, -0.2) is 5.12 Å². The molecule has 0 bridgehead atoms. The summed E-state index contributed by atoms with van der Waals surface area (Å²) in [6, 6.07) is 0. The van der Waals surface area contributed by atoms with Crippen molar-refractivity contribution in [3.63, 3.8) is 0 Å². The third kappa shape index (κ3) is 0.666. The van der Waals surface area contributed by atoms with E-state index in [9.17, 15) is 0 Å². The van der Waals surface area contributed by atoms with Gasteiger partial charge in [-0.3, -0.25) is 10.4 Å². The quantitative estimate of drug-likeness (QED) is 0.472. The molecule has 0 radical (unpaired) electrons. The van der Waals surface area contributed by atoms with Crippen LogP contribution in [0.25, 0.3) is 0 Å². The van der Waals surface area contributed by atoms with Crippen LogP contribution in [0.1, 0.15) is 0 Å². The van der Waals surface area contributed by atoms with Gasteiger partial charge in [0.2, 0.25) is 0 Å². The molecular weight excluding hydrogens is 134 g/mol. The molecule has 9 heavy (non-hydrogen) atoms. The molecule has 3 nitrogen and oxygen atoms in total. The van der Waals surface area contributed by atoms with Crippen LogP contribution >= 0.6 is 12.6 Å². The van der Waals surface area contributed by atoms with Crippen molar-refractivity contribution < 1.29 is 0 Å². The number of hydrogen-bond donors (Lipinski definition) is 2. The van der Waals surface area contributed by atoms with Crippen LogP contribution < -0.4 is 5.43 Å². The lowest BCUT2D eigenvalue weighted by molar-refractivity contribution is 0.0971. The first kappa shape index (κ1) is 5.05. The Hall–Kier alpha value is -0.770. The van der Waals surface area contributed by atoms with Crippen LogP contribution in [-0.4, -0.2) is 16.7 Å². The molecule has 2 aliphatic heterocycles. The number of hydrogen-bond acceptors (Lipinski definition) is 4. The highest BCUT2D eigenvalue weighted by atomic mass is 32.1. The van der Waals surface area contributed by atoms with Crippen molar-refractivity contribution in [1.29, 1.82) is 0 Å². The maximum Gasteiger partial charge on any atom is 0.0731 e. The predicted octanol–water partition coefficient (Wildman–Crippen LogP) is 0.280. The maximum absolute atomic E-state index is 4.20. The molecule has 2 heterocycles. The Labute approximate surface area is 59.0 Å². The number of thiol groups is 1. The van der Waals surface area contributed by atoms with Crippen LogP contribution in [0, 0.1) is 0 Å². The summed E-state index contributed by atoms with van der Waals surface area (Å²) >= 11 is 4.20. The zero-order valence-corrected chi connectivity index (χ0v) is 5.68. The molecule has 0 aromatic rings. The number of rotatable bonds is 0.